The van der Waals surface area contributed by atoms with Crippen LogP contribution in [0.5, 0.6) is 11.5 Å². The second-order valence-corrected chi connectivity index (χ2v) is 13.9. The van der Waals surface area contributed by atoms with Gasteiger partial charge in [0.25, 0.3) is 0 Å². The van der Waals surface area contributed by atoms with Crippen LogP contribution in [-0.4, -0.2) is 5.11 Å². The zero-order chi connectivity index (χ0) is 25.3. The van der Waals surface area contributed by atoms with Crippen LogP contribution in [0.25, 0.3) is 22.3 Å². The summed E-state index contributed by atoms with van der Waals surface area (Å²) in [5, 5.41) is 14.2. The highest BCUT2D eigenvalue weighted by atomic mass is 32.4. The molecule has 2 nitrogen and oxygen atoms in total. The maximum absolute atomic E-state index is 11.1. The number of hydrogen-bond donors (Lipinski definition) is 1. The lowest BCUT2D eigenvalue weighted by Gasteiger charge is -2.28. The first kappa shape index (κ1) is 24.5. The predicted molar refractivity (Wildman–Crippen MR) is 158 cm³/mol. The number of hydrogen-bond acceptors (Lipinski definition) is 4. The summed E-state index contributed by atoms with van der Waals surface area (Å²) < 4.78 is 8.12. The quantitative estimate of drug-likeness (QED) is 0.227. The number of phenols is 1. The van der Waals surface area contributed by atoms with E-state index in [-0.39, 0.29) is 5.75 Å². The highest BCUT2D eigenvalue weighted by molar-refractivity contribution is 8.21. The molecule has 0 aliphatic carbocycles. The average molecular weight is 527 g/mol. The molecule has 1 N–H and O–H groups in total. The molecular weight excluding hydrogens is 499 g/mol. The average Bonchev–Trinajstić information content (AvgIpc) is 3.41. The Labute approximate surface area is 222 Å². The summed E-state index contributed by atoms with van der Waals surface area (Å²) >= 11 is 8.17. The monoisotopic (exact) mass is 526 g/mol. The van der Waals surface area contributed by atoms with E-state index < -0.39 is 6.26 Å². The summed E-state index contributed by atoms with van der Waals surface area (Å²) in [6.45, 7) is 6.36. The van der Waals surface area contributed by atoms with Crippen LogP contribution in [0, 0.1) is 20.8 Å². The van der Waals surface area contributed by atoms with Crippen LogP contribution in [0.1, 0.15) is 16.7 Å². The van der Waals surface area contributed by atoms with Gasteiger partial charge < -0.3 is 9.63 Å². The number of thiophene rings is 1. The van der Waals surface area contributed by atoms with Gasteiger partial charge in [0.1, 0.15) is 11.5 Å². The molecule has 0 saturated carbocycles. The number of benzene rings is 4. The van der Waals surface area contributed by atoms with Crippen LogP contribution in [0.4, 0.5) is 0 Å². The van der Waals surface area contributed by atoms with Crippen LogP contribution in [0.2, 0.25) is 0 Å². The van der Waals surface area contributed by atoms with Gasteiger partial charge in [-0.25, -0.2) is 0 Å². The van der Waals surface area contributed by atoms with Crippen LogP contribution in [0.3, 0.4) is 0 Å². The predicted octanol–water partition coefficient (Wildman–Crippen LogP) is 8.14. The molecule has 0 radical (unpaired) electrons. The first-order chi connectivity index (χ1) is 17.4. The summed E-state index contributed by atoms with van der Waals surface area (Å²) in [4.78, 5) is 0. The normalized spacial score (nSPS) is 12.8. The maximum atomic E-state index is 11.1. The van der Waals surface area contributed by atoms with Crippen molar-refractivity contribution in [1.29, 1.82) is 0 Å². The molecule has 0 aliphatic rings. The molecule has 0 unspecified atom stereocenters. The first-order valence-electron chi connectivity index (χ1n) is 11.8. The smallest absolute Gasteiger partial charge is 0.181 e. The molecule has 4 aromatic carbocycles. The Morgan fingerprint density at radius 3 is 1.86 bits per heavy atom. The first-order valence-corrected chi connectivity index (χ1v) is 15.4. The van der Waals surface area contributed by atoms with Gasteiger partial charge in [0.05, 0.1) is 4.62 Å². The Morgan fingerprint density at radius 2 is 1.31 bits per heavy atom. The standard InChI is InChI=1S/C31H27O2PS2/c1-21-17-22(2)31(23(3)18-21)34(35,30-15-10-16-36-30)33-29-20-26(24-11-6-4-7-12-24)28(32)19-27(29)25-13-8-5-9-14-25/h4-20,32H,1-3H3/t34-/m1/s1. The summed E-state index contributed by atoms with van der Waals surface area (Å²) in [6.07, 6.45) is -2.70. The molecule has 5 rings (SSSR count). The third-order valence-corrected chi connectivity index (χ3v) is 12.2. The van der Waals surface area contributed by atoms with E-state index in [0.717, 1.165) is 43.3 Å². The lowest BCUT2D eigenvalue weighted by Crippen LogP contribution is -2.23. The van der Waals surface area contributed by atoms with E-state index in [0.29, 0.717) is 5.75 Å². The van der Waals surface area contributed by atoms with Crippen molar-refractivity contribution >= 4 is 39.3 Å². The molecule has 36 heavy (non-hydrogen) atoms. The van der Waals surface area contributed by atoms with E-state index in [1.807, 2.05) is 72.8 Å². The zero-order valence-electron chi connectivity index (χ0n) is 20.4. The van der Waals surface area contributed by atoms with Crippen molar-refractivity contribution in [3.63, 3.8) is 0 Å². The van der Waals surface area contributed by atoms with E-state index in [1.165, 1.54) is 5.56 Å². The molecular formula is C31H27O2PS2. The second-order valence-electron chi connectivity index (χ2n) is 8.94. The molecule has 0 fully saturated rings. The van der Waals surface area contributed by atoms with Gasteiger partial charge in [-0.3, -0.25) is 0 Å². The third kappa shape index (κ3) is 4.65. The molecule has 1 aromatic heterocycles. The van der Waals surface area contributed by atoms with Gasteiger partial charge in [-0.1, -0.05) is 84.4 Å². The fourth-order valence-electron chi connectivity index (χ4n) is 4.75. The fourth-order valence-corrected chi connectivity index (χ4v) is 10.2. The number of rotatable bonds is 6. The molecule has 180 valence electrons. The minimum atomic E-state index is -2.70. The Hall–Kier alpha value is -3.17. The Morgan fingerprint density at radius 1 is 0.722 bits per heavy atom. The van der Waals surface area contributed by atoms with Gasteiger partial charge >= 0.3 is 0 Å². The SMILES string of the molecule is Cc1cc(C)c([P@@](=S)(Oc2cc(-c3ccccc3)c(O)cc2-c2ccccc2)c2cccs2)c(C)c1. The van der Waals surface area contributed by atoms with E-state index in [2.05, 4.69) is 44.4 Å². The van der Waals surface area contributed by atoms with Crippen molar-refractivity contribution in [1.82, 2.24) is 0 Å². The van der Waals surface area contributed by atoms with Gasteiger partial charge in [0.2, 0.25) is 0 Å². The van der Waals surface area contributed by atoms with Gasteiger partial charge in [0.15, 0.2) is 6.26 Å². The van der Waals surface area contributed by atoms with Crippen molar-refractivity contribution < 1.29 is 9.63 Å². The molecule has 5 aromatic rings. The topological polar surface area (TPSA) is 29.5 Å². The molecule has 0 aliphatic heterocycles. The van der Waals surface area contributed by atoms with Crippen LogP contribution >= 0.6 is 17.6 Å². The second kappa shape index (κ2) is 10.1. The van der Waals surface area contributed by atoms with Gasteiger partial charge in [-0.15, -0.1) is 11.3 Å². The Bertz CT molecular complexity index is 1540. The fraction of sp³-hybridized carbons (Fsp3) is 0.0968. The van der Waals surface area contributed by atoms with Crippen LogP contribution in [-0.2, 0) is 11.8 Å². The van der Waals surface area contributed by atoms with Crippen molar-refractivity contribution in [2.45, 2.75) is 20.8 Å². The van der Waals surface area contributed by atoms with E-state index >= 15 is 0 Å². The van der Waals surface area contributed by atoms with Crippen molar-refractivity contribution in [2.75, 3.05) is 0 Å². The van der Waals surface area contributed by atoms with Gasteiger partial charge in [0, 0.05) is 16.4 Å². The van der Waals surface area contributed by atoms with Gasteiger partial charge in [-0.05, 0) is 78.4 Å². The van der Waals surface area contributed by atoms with Crippen LogP contribution < -0.4 is 14.4 Å². The third-order valence-electron chi connectivity index (χ3n) is 6.22. The number of phenolic OH excluding ortho intramolecular Hbond substituents is 1. The van der Waals surface area contributed by atoms with Crippen LogP contribution in [0.15, 0.2) is 102 Å². The summed E-state index contributed by atoms with van der Waals surface area (Å²) in [7, 11) is 0. The van der Waals surface area contributed by atoms with E-state index in [4.69, 9.17) is 16.3 Å². The van der Waals surface area contributed by atoms with Crippen molar-refractivity contribution in [2.24, 2.45) is 0 Å². The maximum Gasteiger partial charge on any atom is 0.181 e. The van der Waals surface area contributed by atoms with E-state index in [9.17, 15) is 5.11 Å². The molecule has 0 bridgehead atoms. The number of aryl methyl sites for hydroxylation is 3. The zero-order valence-corrected chi connectivity index (χ0v) is 23.0. The minimum absolute atomic E-state index is 0.208. The number of aromatic hydroxyl groups is 1. The summed E-state index contributed by atoms with van der Waals surface area (Å²) in [5.74, 6) is 0.883. The lowest BCUT2D eigenvalue weighted by molar-refractivity contribution is 0.476. The van der Waals surface area contributed by atoms with Crippen molar-refractivity contribution in [3.05, 3.63) is 119 Å². The molecule has 5 heteroatoms. The Kier molecular flexibility index (Phi) is 6.85. The summed E-state index contributed by atoms with van der Waals surface area (Å²) in [5.41, 5.74) is 6.93. The van der Waals surface area contributed by atoms with Crippen molar-refractivity contribution in [3.8, 4) is 33.8 Å². The molecule has 0 amide bonds. The highest BCUT2D eigenvalue weighted by Gasteiger charge is 2.31. The Balaban J connectivity index is 1.76. The molecule has 1 atom stereocenters. The molecule has 1 heterocycles. The lowest BCUT2D eigenvalue weighted by atomic mass is 9.98. The molecule has 0 saturated heterocycles. The summed E-state index contributed by atoms with van der Waals surface area (Å²) in [6, 6.07) is 32.1. The minimum Gasteiger partial charge on any atom is -0.507 e. The molecule has 0 spiro atoms. The van der Waals surface area contributed by atoms with Gasteiger partial charge in [-0.2, -0.15) is 0 Å². The highest BCUT2D eigenvalue weighted by Crippen LogP contribution is 2.52. The largest absolute Gasteiger partial charge is 0.507 e. The van der Waals surface area contributed by atoms with E-state index in [1.54, 1.807) is 17.4 Å².